The molecule has 1 aromatic heterocycles. The zero-order valence-corrected chi connectivity index (χ0v) is 12.2. The molecule has 2 aromatic rings. The van der Waals surface area contributed by atoms with Crippen LogP contribution in [-0.4, -0.2) is 13.4 Å². The van der Waals surface area contributed by atoms with Gasteiger partial charge in [0.1, 0.15) is 0 Å². The predicted molar refractivity (Wildman–Crippen MR) is 76.8 cm³/mol. The Labute approximate surface area is 117 Å². The second-order valence-electron chi connectivity index (χ2n) is 4.60. The lowest BCUT2D eigenvalue weighted by Gasteiger charge is -2.08. The SMILES string of the molecule is CC(C)c1cccc(-c2ccc(S(=O)(=O)Cl)nc2)c1. The van der Waals surface area contributed by atoms with Gasteiger partial charge in [-0.05, 0) is 29.2 Å². The summed E-state index contributed by atoms with van der Waals surface area (Å²) < 4.78 is 22.3. The number of rotatable bonds is 3. The average Bonchev–Trinajstić information content (AvgIpc) is 2.38. The highest BCUT2D eigenvalue weighted by molar-refractivity contribution is 8.13. The van der Waals surface area contributed by atoms with Gasteiger partial charge in [0.25, 0.3) is 9.05 Å². The van der Waals surface area contributed by atoms with E-state index < -0.39 is 9.05 Å². The highest BCUT2D eigenvalue weighted by atomic mass is 35.7. The van der Waals surface area contributed by atoms with E-state index in [4.69, 9.17) is 10.7 Å². The summed E-state index contributed by atoms with van der Waals surface area (Å²) in [5.74, 6) is 0.440. The van der Waals surface area contributed by atoms with Gasteiger partial charge in [0.15, 0.2) is 5.03 Å². The molecule has 0 bridgehead atoms. The van der Waals surface area contributed by atoms with Gasteiger partial charge in [-0.25, -0.2) is 13.4 Å². The minimum Gasteiger partial charge on any atom is -0.243 e. The Bertz CT molecular complexity index is 679. The molecule has 0 amide bonds. The molecule has 0 unspecified atom stereocenters. The fourth-order valence-corrected chi connectivity index (χ4v) is 2.46. The Balaban J connectivity index is 2.40. The monoisotopic (exact) mass is 295 g/mol. The lowest BCUT2D eigenvalue weighted by atomic mass is 9.98. The van der Waals surface area contributed by atoms with Crippen LogP contribution in [0.4, 0.5) is 0 Å². The van der Waals surface area contributed by atoms with Gasteiger partial charge in [-0.15, -0.1) is 0 Å². The maximum Gasteiger partial charge on any atom is 0.278 e. The molecule has 3 nitrogen and oxygen atoms in total. The molecule has 100 valence electrons. The van der Waals surface area contributed by atoms with Crippen molar-refractivity contribution >= 4 is 19.7 Å². The smallest absolute Gasteiger partial charge is 0.243 e. The standard InChI is InChI=1S/C14H14ClNO2S/c1-10(2)11-4-3-5-12(8-11)13-6-7-14(16-9-13)19(15,17)18/h3-10H,1-2H3. The third kappa shape index (κ3) is 3.33. The van der Waals surface area contributed by atoms with E-state index in [0.717, 1.165) is 11.1 Å². The molecule has 1 aromatic carbocycles. The Kier molecular flexibility index (Phi) is 3.92. The molecule has 0 saturated carbocycles. The van der Waals surface area contributed by atoms with Crippen LogP contribution in [0.5, 0.6) is 0 Å². The van der Waals surface area contributed by atoms with E-state index in [9.17, 15) is 8.42 Å². The lowest BCUT2D eigenvalue weighted by Crippen LogP contribution is -1.94. The maximum atomic E-state index is 11.1. The molecule has 2 rings (SSSR count). The Hall–Kier alpha value is -1.39. The Morgan fingerprint density at radius 1 is 1.11 bits per heavy atom. The molecule has 0 aliphatic carbocycles. The van der Waals surface area contributed by atoms with Crippen molar-refractivity contribution in [2.24, 2.45) is 0 Å². The summed E-state index contributed by atoms with van der Waals surface area (Å²) in [7, 11) is 1.47. The predicted octanol–water partition coefficient (Wildman–Crippen LogP) is 3.80. The molecule has 0 aliphatic heterocycles. The molecule has 0 N–H and O–H groups in total. The van der Waals surface area contributed by atoms with Crippen molar-refractivity contribution < 1.29 is 8.42 Å². The van der Waals surface area contributed by atoms with Crippen molar-refractivity contribution in [1.29, 1.82) is 0 Å². The first-order valence-corrected chi connectivity index (χ1v) is 8.20. The van der Waals surface area contributed by atoms with E-state index in [-0.39, 0.29) is 5.03 Å². The van der Waals surface area contributed by atoms with Gasteiger partial charge in [-0.1, -0.05) is 38.1 Å². The minimum absolute atomic E-state index is 0.127. The zero-order chi connectivity index (χ0) is 14.0. The fourth-order valence-electron chi connectivity index (χ4n) is 1.77. The van der Waals surface area contributed by atoms with Gasteiger partial charge in [0.2, 0.25) is 0 Å². The topological polar surface area (TPSA) is 47.0 Å². The van der Waals surface area contributed by atoms with E-state index in [1.54, 1.807) is 6.07 Å². The third-order valence-electron chi connectivity index (χ3n) is 2.87. The van der Waals surface area contributed by atoms with E-state index in [2.05, 4.69) is 31.0 Å². The Morgan fingerprint density at radius 2 is 1.84 bits per heavy atom. The van der Waals surface area contributed by atoms with Crippen LogP contribution >= 0.6 is 10.7 Å². The number of benzene rings is 1. The van der Waals surface area contributed by atoms with Crippen LogP contribution < -0.4 is 0 Å². The van der Waals surface area contributed by atoms with Crippen molar-refractivity contribution in [3.05, 3.63) is 48.2 Å². The highest BCUT2D eigenvalue weighted by Crippen LogP contribution is 2.24. The Morgan fingerprint density at radius 3 is 2.37 bits per heavy atom. The average molecular weight is 296 g/mol. The molecule has 0 fully saturated rings. The molecule has 5 heteroatoms. The minimum atomic E-state index is -3.76. The van der Waals surface area contributed by atoms with Gasteiger partial charge in [0, 0.05) is 22.4 Å². The molecule has 0 spiro atoms. The van der Waals surface area contributed by atoms with E-state index in [1.165, 1.54) is 17.8 Å². The van der Waals surface area contributed by atoms with Crippen LogP contribution in [0.2, 0.25) is 0 Å². The molecule has 0 radical (unpaired) electrons. The number of nitrogens with zero attached hydrogens (tertiary/aromatic N) is 1. The van der Waals surface area contributed by atoms with Crippen LogP contribution in [-0.2, 0) is 9.05 Å². The molecule has 0 aliphatic rings. The summed E-state index contributed by atoms with van der Waals surface area (Å²) in [5.41, 5.74) is 3.11. The van der Waals surface area contributed by atoms with E-state index in [0.29, 0.717) is 5.92 Å². The summed E-state index contributed by atoms with van der Waals surface area (Å²) in [6.07, 6.45) is 1.52. The highest BCUT2D eigenvalue weighted by Gasteiger charge is 2.11. The quantitative estimate of drug-likeness (QED) is 0.809. The van der Waals surface area contributed by atoms with Crippen LogP contribution in [0.1, 0.15) is 25.3 Å². The first-order valence-electron chi connectivity index (χ1n) is 5.89. The summed E-state index contributed by atoms with van der Waals surface area (Å²) in [5, 5.41) is -0.127. The third-order valence-corrected chi connectivity index (χ3v) is 4.09. The van der Waals surface area contributed by atoms with Crippen molar-refractivity contribution in [1.82, 2.24) is 4.98 Å². The zero-order valence-electron chi connectivity index (χ0n) is 10.7. The second-order valence-corrected chi connectivity index (χ2v) is 7.12. The number of hydrogen-bond donors (Lipinski definition) is 0. The van der Waals surface area contributed by atoms with Crippen molar-refractivity contribution in [2.45, 2.75) is 24.8 Å². The van der Waals surface area contributed by atoms with Crippen LogP contribution in [0.25, 0.3) is 11.1 Å². The van der Waals surface area contributed by atoms with Gasteiger partial charge in [0.05, 0.1) is 0 Å². The van der Waals surface area contributed by atoms with E-state index >= 15 is 0 Å². The summed E-state index contributed by atoms with van der Waals surface area (Å²) in [6.45, 7) is 4.25. The number of halogens is 1. The fraction of sp³-hybridized carbons (Fsp3) is 0.214. The summed E-state index contributed by atoms with van der Waals surface area (Å²) in [6, 6.07) is 11.2. The van der Waals surface area contributed by atoms with Gasteiger partial charge >= 0.3 is 0 Å². The molecule has 1 heterocycles. The van der Waals surface area contributed by atoms with Crippen molar-refractivity contribution in [2.75, 3.05) is 0 Å². The van der Waals surface area contributed by atoms with Crippen LogP contribution in [0.3, 0.4) is 0 Å². The normalized spacial score (nSPS) is 11.8. The van der Waals surface area contributed by atoms with Gasteiger partial charge in [-0.3, -0.25) is 0 Å². The molecule has 19 heavy (non-hydrogen) atoms. The number of hydrogen-bond acceptors (Lipinski definition) is 3. The maximum absolute atomic E-state index is 11.1. The van der Waals surface area contributed by atoms with Gasteiger partial charge < -0.3 is 0 Å². The van der Waals surface area contributed by atoms with E-state index in [1.807, 2.05) is 12.1 Å². The van der Waals surface area contributed by atoms with Crippen LogP contribution in [0, 0.1) is 0 Å². The van der Waals surface area contributed by atoms with Crippen LogP contribution in [0.15, 0.2) is 47.6 Å². The molecular weight excluding hydrogens is 282 g/mol. The number of aromatic nitrogens is 1. The lowest BCUT2D eigenvalue weighted by molar-refractivity contribution is 0.606. The van der Waals surface area contributed by atoms with Crippen molar-refractivity contribution in [3.63, 3.8) is 0 Å². The number of pyridine rings is 1. The van der Waals surface area contributed by atoms with Gasteiger partial charge in [-0.2, -0.15) is 0 Å². The summed E-state index contributed by atoms with van der Waals surface area (Å²) in [4.78, 5) is 3.88. The molecule has 0 atom stereocenters. The largest absolute Gasteiger partial charge is 0.278 e. The van der Waals surface area contributed by atoms with Crippen molar-refractivity contribution in [3.8, 4) is 11.1 Å². The second kappa shape index (κ2) is 5.31. The first kappa shape index (κ1) is 14.0. The molecule has 0 saturated heterocycles. The summed E-state index contributed by atoms with van der Waals surface area (Å²) >= 11 is 0. The first-order chi connectivity index (χ1) is 8.88. The molecular formula is C14H14ClNO2S.